The first-order valence-corrected chi connectivity index (χ1v) is 7.65. The van der Waals surface area contributed by atoms with Gasteiger partial charge in [-0.05, 0) is 30.9 Å². The first-order chi connectivity index (χ1) is 6.14. The minimum absolute atomic E-state index is 0. The van der Waals surface area contributed by atoms with Gasteiger partial charge in [0.2, 0.25) is 0 Å². The molecule has 6 heteroatoms. The SMILES string of the molecule is CCOP(=S)(S)Oc1ccccc1.N. The second-order valence-electron chi connectivity index (χ2n) is 2.29. The number of hydrogen-bond donors (Lipinski definition) is 2. The minimum Gasteiger partial charge on any atom is -0.436 e. The third-order valence-electron chi connectivity index (χ3n) is 1.26. The summed E-state index contributed by atoms with van der Waals surface area (Å²) in [7, 11) is 0. The summed E-state index contributed by atoms with van der Waals surface area (Å²) in [6.45, 7) is 2.39. The van der Waals surface area contributed by atoms with Crippen LogP contribution >= 0.6 is 17.9 Å². The van der Waals surface area contributed by atoms with Crippen molar-refractivity contribution >= 4 is 29.7 Å². The first kappa shape index (κ1) is 13.9. The fraction of sp³-hybridized carbons (Fsp3) is 0.250. The van der Waals surface area contributed by atoms with E-state index in [0.717, 1.165) is 0 Å². The van der Waals surface area contributed by atoms with Gasteiger partial charge in [-0.3, -0.25) is 0 Å². The van der Waals surface area contributed by atoms with Crippen molar-refractivity contribution in [1.82, 2.24) is 6.15 Å². The Morgan fingerprint density at radius 3 is 2.43 bits per heavy atom. The Hall–Kier alpha value is -0.0600. The first-order valence-electron chi connectivity index (χ1n) is 3.86. The summed E-state index contributed by atoms with van der Waals surface area (Å²) in [5.41, 5.74) is -2.39. The molecular weight excluding hydrogens is 237 g/mol. The Bertz CT molecular complexity index is 307. The smallest absolute Gasteiger partial charge is 0.294 e. The van der Waals surface area contributed by atoms with Crippen molar-refractivity contribution in [2.75, 3.05) is 6.61 Å². The Kier molecular flexibility index (Phi) is 6.40. The van der Waals surface area contributed by atoms with Crippen molar-refractivity contribution in [2.45, 2.75) is 6.92 Å². The zero-order valence-corrected chi connectivity index (χ0v) is 10.5. The predicted octanol–water partition coefficient (Wildman–Crippen LogP) is 3.42. The van der Waals surface area contributed by atoms with Gasteiger partial charge in [-0.1, -0.05) is 30.4 Å². The maximum atomic E-state index is 5.41. The Labute approximate surface area is 94.7 Å². The number of thiol groups is 1. The lowest BCUT2D eigenvalue weighted by molar-refractivity contribution is 0.345. The van der Waals surface area contributed by atoms with Gasteiger partial charge < -0.3 is 15.2 Å². The Morgan fingerprint density at radius 1 is 1.36 bits per heavy atom. The molecule has 0 bridgehead atoms. The van der Waals surface area contributed by atoms with E-state index >= 15 is 0 Å². The van der Waals surface area contributed by atoms with Gasteiger partial charge in [0.15, 0.2) is 0 Å². The van der Waals surface area contributed by atoms with Crippen molar-refractivity contribution in [3.63, 3.8) is 0 Å². The molecule has 0 aliphatic heterocycles. The van der Waals surface area contributed by atoms with Crippen LogP contribution in [0.3, 0.4) is 0 Å². The van der Waals surface area contributed by atoms with Crippen LogP contribution in [0.1, 0.15) is 6.92 Å². The van der Waals surface area contributed by atoms with E-state index in [1.807, 2.05) is 37.3 Å². The van der Waals surface area contributed by atoms with Gasteiger partial charge in [0.05, 0.1) is 6.61 Å². The van der Waals surface area contributed by atoms with Crippen molar-refractivity contribution in [2.24, 2.45) is 0 Å². The zero-order chi connectivity index (χ0) is 9.73. The van der Waals surface area contributed by atoms with Crippen LogP contribution in [-0.4, -0.2) is 6.61 Å². The summed E-state index contributed by atoms with van der Waals surface area (Å²) < 4.78 is 10.6. The highest BCUT2D eigenvalue weighted by atomic mass is 32.9. The summed E-state index contributed by atoms with van der Waals surface area (Å²) in [5, 5.41) is 0. The highest BCUT2D eigenvalue weighted by Crippen LogP contribution is 2.52. The van der Waals surface area contributed by atoms with Crippen LogP contribution in [0.5, 0.6) is 5.75 Å². The quantitative estimate of drug-likeness (QED) is 0.636. The monoisotopic (exact) mass is 251 g/mol. The second-order valence-corrected chi connectivity index (χ2v) is 7.50. The Balaban J connectivity index is 0.00000169. The number of benzene rings is 1. The standard InChI is InChI=1S/C8H11O2PS2.H3N/c1-2-9-11(12,13)10-8-6-4-3-5-7-8;/h3-7H,2H2,1H3,(H,12,13);1H3. The number of hydrogen-bond acceptors (Lipinski definition) is 4. The van der Waals surface area contributed by atoms with Crippen LogP contribution in [0.4, 0.5) is 0 Å². The van der Waals surface area contributed by atoms with Crippen LogP contribution in [0, 0.1) is 0 Å². The lowest BCUT2D eigenvalue weighted by Crippen LogP contribution is -1.91. The molecule has 0 fully saturated rings. The van der Waals surface area contributed by atoms with Gasteiger partial charge in [0, 0.05) is 0 Å². The molecule has 1 aromatic rings. The molecule has 1 aromatic carbocycles. The van der Waals surface area contributed by atoms with E-state index in [4.69, 9.17) is 20.9 Å². The normalized spacial score (nSPS) is 13.9. The van der Waals surface area contributed by atoms with Crippen molar-refractivity contribution in [3.05, 3.63) is 30.3 Å². The van der Waals surface area contributed by atoms with Gasteiger partial charge in [0.25, 0.3) is 5.69 Å². The fourth-order valence-electron chi connectivity index (χ4n) is 0.804. The van der Waals surface area contributed by atoms with E-state index in [9.17, 15) is 0 Å². The van der Waals surface area contributed by atoms with Crippen LogP contribution < -0.4 is 10.7 Å². The summed E-state index contributed by atoms with van der Waals surface area (Å²) >= 11 is 9.22. The molecule has 1 rings (SSSR count). The third kappa shape index (κ3) is 4.98. The van der Waals surface area contributed by atoms with Crippen LogP contribution in [-0.2, 0) is 16.3 Å². The van der Waals surface area contributed by atoms with E-state index in [1.165, 1.54) is 0 Å². The lowest BCUT2D eigenvalue weighted by Gasteiger charge is -2.16. The van der Waals surface area contributed by atoms with E-state index in [2.05, 4.69) is 12.2 Å². The largest absolute Gasteiger partial charge is 0.436 e. The van der Waals surface area contributed by atoms with E-state index in [1.54, 1.807) is 0 Å². The molecule has 0 amide bonds. The highest BCUT2D eigenvalue weighted by molar-refractivity contribution is 8.60. The average molecular weight is 251 g/mol. The molecule has 3 nitrogen and oxygen atoms in total. The minimum atomic E-state index is -2.39. The predicted molar refractivity (Wildman–Crippen MR) is 67.0 cm³/mol. The molecule has 14 heavy (non-hydrogen) atoms. The summed E-state index contributed by atoms with van der Waals surface area (Å²) in [6, 6.07) is 9.33. The van der Waals surface area contributed by atoms with Crippen LogP contribution in [0.2, 0.25) is 0 Å². The number of para-hydroxylation sites is 1. The van der Waals surface area contributed by atoms with Crippen molar-refractivity contribution in [3.8, 4) is 5.75 Å². The van der Waals surface area contributed by atoms with Crippen molar-refractivity contribution in [1.29, 1.82) is 0 Å². The average Bonchev–Trinajstić information content (AvgIpc) is 2.04. The Morgan fingerprint density at radius 2 is 1.93 bits per heavy atom. The highest BCUT2D eigenvalue weighted by Gasteiger charge is 2.12. The topological polar surface area (TPSA) is 53.5 Å². The summed E-state index contributed by atoms with van der Waals surface area (Å²) in [6.07, 6.45) is 0. The molecule has 0 heterocycles. The van der Waals surface area contributed by atoms with Gasteiger partial charge in [-0.25, -0.2) is 0 Å². The maximum Gasteiger partial charge on any atom is 0.294 e. The molecule has 1 atom stereocenters. The number of rotatable bonds is 4. The molecule has 0 saturated carbocycles. The van der Waals surface area contributed by atoms with Gasteiger partial charge in [-0.15, -0.1) is 0 Å². The van der Waals surface area contributed by atoms with E-state index in [0.29, 0.717) is 12.4 Å². The maximum absolute atomic E-state index is 5.41. The van der Waals surface area contributed by atoms with Crippen LogP contribution in [0.25, 0.3) is 0 Å². The molecular formula is C8H14NO2PS2. The zero-order valence-electron chi connectivity index (χ0n) is 7.92. The van der Waals surface area contributed by atoms with Crippen molar-refractivity contribution < 1.29 is 9.05 Å². The molecule has 80 valence electrons. The fourth-order valence-corrected chi connectivity index (χ4v) is 2.77. The van der Waals surface area contributed by atoms with Gasteiger partial charge in [0.1, 0.15) is 5.75 Å². The third-order valence-corrected chi connectivity index (χ3v) is 3.41. The second kappa shape index (κ2) is 6.43. The molecule has 0 aromatic heterocycles. The van der Waals surface area contributed by atoms with E-state index < -0.39 is 5.69 Å². The van der Waals surface area contributed by atoms with E-state index in [-0.39, 0.29) is 6.15 Å². The molecule has 0 saturated heterocycles. The summed E-state index contributed by atoms with van der Waals surface area (Å²) in [5.74, 6) is 0.703. The van der Waals surface area contributed by atoms with Crippen LogP contribution in [0.15, 0.2) is 30.3 Å². The molecule has 0 radical (unpaired) electrons. The molecule has 1 unspecified atom stereocenters. The molecule has 3 N–H and O–H groups in total. The van der Waals surface area contributed by atoms with Gasteiger partial charge in [-0.2, -0.15) is 0 Å². The molecule has 0 aliphatic rings. The molecule has 0 spiro atoms. The van der Waals surface area contributed by atoms with Gasteiger partial charge >= 0.3 is 0 Å². The summed E-state index contributed by atoms with van der Waals surface area (Å²) in [4.78, 5) is 0. The molecule has 0 aliphatic carbocycles. The lowest BCUT2D eigenvalue weighted by atomic mass is 10.3.